The zero-order valence-corrected chi connectivity index (χ0v) is 14.0. The monoisotopic (exact) mass is 321 g/mol. The number of anilines is 1. The van der Waals surface area contributed by atoms with E-state index in [1.807, 2.05) is 6.07 Å². The summed E-state index contributed by atoms with van der Waals surface area (Å²) in [6, 6.07) is 6.21. The molecule has 0 fully saturated rings. The fourth-order valence-electron chi connectivity index (χ4n) is 3.89. The molecule has 0 spiro atoms. The number of aromatic nitrogens is 1. The maximum Gasteiger partial charge on any atom is 0.129 e. The average molecular weight is 321 g/mol. The van der Waals surface area contributed by atoms with E-state index in [0.29, 0.717) is 24.9 Å². The normalized spacial score (nSPS) is 18.7. The Morgan fingerprint density at radius 1 is 1.33 bits per heavy atom. The van der Waals surface area contributed by atoms with Gasteiger partial charge >= 0.3 is 0 Å². The third kappa shape index (κ3) is 2.38. The lowest BCUT2D eigenvalue weighted by molar-refractivity contribution is 0.299. The molecule has 2 heterocycles. The molecule has 2 aromatic rings. The summed E-state index contributed by atoms with van der Waals surface area (Å²) in [5.41, 5.74) is 18.9. The van der Waals surface area contributed by atoms with Crippen LogP contribution in [0.1, 0.15) is 47.4 Å². The Balaban J connectivity index is 1.97. The molecule has 2 aliphatic rings. The average Bonchev–Trinajstić information content (AvgIpc) is 2.61. The summed E-state index contributed by atoms with van der Waals surface area (Å²) >= 11 is 0. The van der Waals surface area contributed by atoms with Gasteiger partial charge in [-0.15, -0.1) is 0 Å². The summed E-state index contributed by atoms with van der Waals surface area (Å²) in [7, 11) is 0. The van der Waals surface area contributed by atoms with Gasteiger partial charge in [0.15, 0.2) is 0 Å². The van der Waals surface area contributed by atoms with Crippen LogP contribution in [0.25, 0.3) is 11.3 Å². The second kappa shape index (κ2) is 5.95. The number of aryl methyl sites for hydroxylation is 1. The van der Waals surface area contributed by atoms with Gasteiger partial charge in [0.05, 0.1) is 5.69 Å². The molecule has 4 nitrogen and oxygen atoms in total. The highest BCUT2D eigenvalue weighted by atomic mass is 16.5. The highest BCUT2D eigenvalue weighted by Gasteiger charge is 2.28. The van der Waals surface area contributed by atoms with Crippen LogP contribution in [0.4, 0.5) is 5.82 Å². The summed E-state index contributed by atoms with van der Waals surface area (Å²) in [6.07, 6.45) is 8.03. The van der Waals surface area contributed by atoms with Crippen LogP contribution in [0.15, 0.2) is 30.4 Å². The van der Waals surface area contributed by atoms with E-state index in [9.17, 15) is 0 Å². The van der Waals surface area contributed by atoms with Crippen LogP contribution in [0.5, 0.6) is 5.75 Å². The molecule has 0 bridgehead atoms. The molecule has 1 atom stereocenters. The van der Waals surface area contributed by atoms with E-state index in [-0.39, 0.29) is 0 Å². The maximum atomic E-state index is 6.30. The van der Waals surface area contributed by atoms with Gasteiger partial charge in [-0.25, -0.2) is 4.98 Å². The molecule has 4 N–H and O–H groups in total. The third-order valence-corrected chi connectivity index (χ3v) is 5.07. The summed E-state index contributed by atoms with van der Waals surface area (Å²) in [6.45, 7) is 3.02. The largest absolute Gasteiger partial charge is 0.488 e. The molecule has 1 aromatic heterocycles. The Labute approximate surface area is 142 Å². The molecule has 1 unspecified atom stereocenters. The van der Waals surface area contributed by atoms with Crippen molar-refractivity contribution < 1.29 is 4.74 Å². The highest BCUT2D eigenvalue weighted by Crippen LogP contribution is 2.43. The van der Waals surface area contributed by atoms with Crippen LogP contribution in [0.3, 0.4) is 0 Å². The van der Waals surface area contributed by atoms with Crippen molar-refractivity contribution in [3.05, 3.63) is 52.6 Å². The topological polar surface area (TPSA) is 74.2 Å². The first-order valence-corrected chi connectivity index (χ1v) is 8.60. The van der Waals surface area contributed by atoms with Crippen LogP contribution in [-0.4, -0.2) is 4.98 Å². The van der Waals surface area contributed by atoms with E-state index < -0.39 is 0 Å². The number of nitrogens with two attached hydrogens (primary N) is 2. The minimum Gasteiger partial charge on any atom is -0.488 e. The highest BCUT2D eigenvalue weighted by molar-refractivity contribution is 5.76. The molecule has 1 aliphatic heterocycles. The zero-order valence-electron chi connectivity index (χ0n) is 14.0. The molecule has 4 heteroatoms. The predicted octanol–water partition coefficient (Wildman–Crippen LogP) is 3.81. The van der Waals surface area contributed by atoms with E-state index >= 15 is 0 Å². The number of benzene rings is 1. The van der Waals surface area contributed by atoms with E-state index in [2.05, 4.69) is 31.2 Å². The molecule has 0 saturated heterocycles. The molecule has 0 radical (unpaired) electrons. The summed E-state index contributed by atoms with van der Waals surface area (Å²) in [5, 5.41) is 0. The van der Waals surface area contributed by atoms with Gasteiger partial charge in [0.25, 0.3) is 0 Å². The van der Waals surface area contributed by atoms with Crippen molar-refractivity contribution in [2.24, 2.45) is 5.73 Å². The molecule has 1 aromatic carbocycles. The number of hydrogen-bond acceptors (Lipinski definition) is 4. The standard InChI is InChI=1S/C20H23N3O/c1-12-7-8-17-14(9-12)19-16(11-24-17)18(13-5-3-2-4-6-13)15(10-21)20(22)23-19/h3,5,7-9,13H,2,4,6,10-11,21H2,1H3,(H2,22,23). The molecular weight excluding hydrogens is 298 g/mol. The van der Waals surface area contributed by atoms with Crippen LogP contribution >= 0.6 is 0 Å². The summed E-state index contributed by atoms with van der Waals surface area (Å²) < 4.78 is 6.03. The van der Waals surface area contributed by atoms with Gasteiger partial charge in [-0.05, 0) is 43.9 Å². The van der Waals surface area contributed by atoms with E-state index in [4.69, 9.17) is 21.2 Å². The van der Waals surface area contributed by atoms with Gasteiger partial charge in [0, 0.05) is 29.2 Å². The zero-order chi connectivity index (χ0) is 16.7. The minimum absolute atomic E-state index is 0.353. The van der Waals surface area contributed by atoms with E-state index in [0.717, 1.165) is 41.0 Å². The fraction of sp³-hybridized carbons (Fsp3) is 0.350. The molecule has 0 amide bonds. The van der Waals surface area contributed by atoms with Crippen LogP contribution < -0.4 is 16.2 Å². The summed E-state index contributed by atoms with van der Waals surface area (Å²) in [4.78, 5) is 4.72. The van der Waals surface area contributed by atoms with Crippen LogP contribution in [0.2, 0.25) is 0 Å². The molecular formula is C20H23N3O. The van der Waals surface area contributed by atoms with Gasteiger partial charge in [0.2, 0.25) is 0 Å². The van der Waals surface area contributed by atoms with E-state index in [1.54, 1.807) is 0 Å². The van der Waals surface area contributed by atoms with Gasteiger partial charge in [-0.1, -0.05) is 23.8 Å². The maximum absolute atomic E-state index is 6.30. The van der Waals surface area contributed by atoms with Crippen molar-refractivity contribution in [2.45, 2.75) is 45.3 Å². The number of hydrogen-bond donors (Lipinski definition) is 2. The van der Waals surface area contributed by atoms with Crippen molar-refractivity contribution in [1.29, 1.82) is 0 Å². The van der Waals surface area contributed by atoms with Crippen molar-refractivity contribution in [3.8, 4) is 17.0 Å². The van der Waals surface area contributed by atoms with Gasteiger partial charge in [-0.2, -0.15) is 0 Å². The number of rotatable bonds is 2. The molecule has 124 valence electrons. The Hall–Kier alpha value is -2.33. The van der Waals surface area contributed by atoms with Gasteiger partial charge in [-0.3, -0.25) is 0 Å². The lowest BCUT2D eigenvalue weighted by atomic mass is 9.82. The molecule has 1 aliphatic carbocycles. The number of allylic oxidation sites excluding steroid dienone is 2. The Morgan fingerprint density at radius 2 is 2.21 bits per heavy atom. The fourth-order valence-corrected chi connectivity index (χ4v) is 3.89. The first kappa shape index (κ1) is 15.2. The van der Waals surface area contributed by atoms with Crippen molar-refractivity contribution in [3.63, 3.8) is 0 Å². The molecule has 24 heavy (non-hydrogen) atoms. The Bertz CT molecular complexity index is 826. The quantitative estimate of drug-likeness (QED) is 0.825. The summed E-state index contributed by atoms with van der Waals surface area (Å²) in [5.74, 6) is 1.79. The SMILES string of the molecule is Cc1ccc2c(c1)-c1nc(N)c(CN)c(C3C=CCCC3)c1CO2. The second-order valence-corrected chi connectivity index (χ2v) is 6.67. The smallest absolute Gasteiger partial charge is 0.129 e. The van der Waals surface area contributed by atoms with E-state index in [1.165, 1.54) is 17.5 Å². The van der Waals surface area contributed by atoms with Crippen molar-refractivity contribution in [2.75, 3.05) is 5.73 Å². The number of ether oxygens (including phenoxy) is 1. The number of nitrogen functional groups attached to an aromatic ring is 1. The Kier molecular flexibility index (Phi) is 3.77. The van der Waals surface area contributed by atoms with Crippen LogP contribution in [0, 0.1) is 6.92 Å². The minimum atomic E-state index is 0.353. The first-order chi connectivity index (χ1) is 11.7. The number of pyridine rings is 1. The second-order valence-electron chi connectivity index (χ2n) is 6.67. The van der Waals surface area contributed by atoms with Gasteiger partial charge < -0.3 is 16.2 Å². The number of nitrogens with zero attached hydrogens (tertiary/aromatic N) is 1. The Morgan fingerprint density at radius 3 is 2.96 bits per heavy atom. The number of fused-ring (bicyclic) bond motifs is 3. The first-order valence-electron chi connectivity index (χ1n) is 8.60. The van der Waals surface area contributed by atoms with Crippen molar-refractivity contribution in [1.82, 2.24) is 4.98 Å². The lowest BCUT2D eigenvalue weighted by Crippen LogP contribution is -2.19. The third-order valence-electron chi connectivity index (χ3n) is 5.07. The van der Waals surface area contributed by atoms with Crippen LogP contribution in [-0.2, 0) is 13.2 Å². The molecule has 4 rings (SSSR count). The van der Waals surface area contributed by atoms with Gasteiger partial charge in [0.1, 0.15) is 18.2 Å². The predicted molar refractivity (Wildman–Crippen MR) is 96.8 cm³/mol. The lowest BCUT2D eigenvalue weighted by Gasteiger charge is -2.29. The van der Waals surface area contributed by atoms with Crippen molar-refractivity contribution >= 4 is 5.82 Å². The molecule has 0 saturated carbocycles.